The fraction of sp³-hybridized carbons (Fsp3) is 0.286. The van der Waals surface area contributed by atoms with Crippen LogP contribution in [-0.4, -0.2) is 31.7 Å². The van der Waals surface area contributed by atoms with Crippen LogP contribution < -0.4 is 15.5 Å². The van der Waals surface area contributed by atoms with Gasteiger partial charge in [0.2, 0.25) is 0 Å². The number of amides is 2. The molecule has 1 heterocycles. The molecule has 1 aromatic carbocycles. The second kappa shape index (κ2) is 7.28. The quantitative estimate of drug-likeness (QED) is 0.887. The lowest BCUT2D eigenvalue weighted by Crippen LogP contribution is -2.31. The minimum atomic E-state index is -0.254. The summed E-state index contributed by atoms with van der Waals surface area (Å²) in [5.74, 6) is 0. The summed E-state index contributed by atoms with van der Waals surface area (Å²) in [6, 6.07) is 5.17. The molecule has 5 nitrogen and oxygen atoms in total. The number of nitrogens with zero attached hydrogens (tertiary/aromatic N) is 2. The number of hydrogen-bond acceptors (Lipinski definition) is 4. The smallest absolute Gasteiger partial charge is 0.319 e. The molecule has 0 atom stereocenters. The van der Waals surface area contributed by atoms with Crippen molar-refractivity contribution in [2.75, 3.05) is 30.9 Å². The summed E-state index contributed by atoms with van der Waals surface area (Å²) in [5.41, 5.74) is 4.23. The van der Waals surface area contributed by atoms with Crippen LogP contribution in [0.3, 0.4) is 0 Å². The maximum Gasteiger partial charge on any atom is 0.319 e. The molecule has 0 spiro atoms. The highest BCUT2D eigenvalue weighted by atomic mass is 35.5. The molecule has 0 aliphatic carbocycles. The standard InChI is InChI=1S/C14H17ClN4OS/c1-19(2)13-11(15)4-3-5-12(13)18-14(20)16-7-6-10-8-21-9-17-10/h3-5,8-9H,6-7H2,1-2H3,(H2,16,18,20). The molecule has 2 aromatic rings. The predicted octanol–water partition coefficient (Wildman–Crippen LogP) is 3.23. The largest absolute Gasteiger partial charge is 0.375 e. The number of carbonyl (C=O) groups excluding carboxylic acids is 1. The average Bonchev–Trinajstić information content (AvgIpc) is 2.91. The minimum absolute atomic E-state index is 0.254. The summed E-state index contributed by atoms with van der Waals surface area (Å²) in [6.07, 6.45) is 0.715. The van der Waals surface area contributed by atoms with Gasteiger partial charge in [-0.2, -0.15) is 0 Å². The van der Waals surface area contributed by atoms with Gasteiger partial charge in [-0.15, -0.1) is 11.3 Å². The molecule has 0 saturated heterocycles. The van der Waals surface area contributed by atoms with E-state index in [1.54, 1.807) is 29.0 Å². The number of aromatic nitrogens is 1. The van der Waals surface area contributed by atoms with Gasteiger partial charge in [0.1, 0.15) is 0 Å². The van der Waals surface area contributed by atoms with E-state index in [-0.39, 0.29) is 6.03 Å². The van der Waals surface area contributed by atoms with Crippen LogP contribution in [-0.2, 0) is 6.42 Å². The van der Waals surface area contributed by atoms with Gasteiger partial charge in [-0.25, -0.2) is 9.78 Å². The molecule has 0 unspecified atom stereocenters. The third-order valence-corrected chi connectivity index (χ3v) is 3.77. The second-order valence-corrected chi connectivity index (χ2v) is 5.77. The first-order valence-electron chi connectivity index (χ1n) is 6.45. The van der Waals surface area contributed by atoms with Gasteiger partial charge in [-0.1, -0.05) is 17.7 Å². The summed E-state index contributed by atoms with van der Waals surface area (Å²) in [4.78, 5) is 18.0. The lowest BCUT2D eigenvalue weighted by atomic mass is 10.2. The van der Waals surface area contributed by atoms with Gasteiger partial charge in [0.25, 0.3) is 0 Å². The van der Waals surface area contributed by atoms with E-state index in [1.807, 2.05) is 30.4 Å². The molecule has 2 rings (SSSR count). The molecule has 21 heavy (non-hydrogen) atoms. The first-order valence-corrected chi connectivity index (χ1v) is 7.77. The fourth-order valence-electron chi connectivity index (χ4n) is 1.90. The number of nitrogens with one attached hydrogen (secondary N) is 2. The number of para-hydroxylation sites is 1. The highest BCUT2D eigenvalue weighted by Crippen LogP contribution is 2.32. The van der Waals surface area contributed by atoms with Crippen LogP contribution in [0.4, 0.5) is 16.2 Å². The van der Waals surface area contributed by atoms with Crippen molar-refractivity contribution in [1.82, 2.24) is 10.3 Å². The van der Waals surface area contributed by atoms with Crippen molar-refractivity contribution < 1.29 is 4.79 Å². The summed E-state index contributed by atoms with van der Waals surface area (Å²) in [7, 11) is 3.76. The van der Waals surface area contributed by atoms with Crippen LogP contribution >= 0.6 is 22.9 Å². The number of hydrogen-bond donors (Lipinski definition) is 2. The maximum atomic E-state index is 11.9. The first-order chi connectivity index (χ1) is 10.1. The van der Waals surface area contributed by atoms with E-state index < -0.39 is 0 Å². The predicted molar refractivity (Wildman–Crippen MR) is 88.6 cm³/mol. The lowest BCUT2D eigenvalue weighted by molar-refractivity contribution is 0.252. The number of carbonyl (C=O) groups is 1. The zero-order valence-corrected chi connectivity index (χ0v) is 13.5. The Morgan fingerprint density at radius 3 is 2.90 bits per heavy atom. The molecular formula is C14H17ClN4OS. The zero-order chi connectivity index (χ0) is 15.2. The third kappa shape index (κ3) is 4.34. The van der Waals surface area contributed by atoms with E-state index >= 15 is 0 Å². The van der Waals surface area contributed by atoms with E-state index in [1.165, 1.54) is 0 Å². The van der Waals surface area contributed by atoms with Crippen molar-refractivity contribution in [1.29, 1.82) is 0 Å². The van der Waals surface area contributed by atoms with Crippen LogP contribution in [0.5, 0.6) is 0 Å². The Bertz CT molecular complexity index is 601. The molecule has 0 fully saturated rings. The van der Waals surface area contributed by atoms with Gasteiger partial charge in [-0.05, 0) is 12.1 Å². The van der Waals surface area contributed by atoms with Gasteiger partial charge in [-0.3, -0.25) is 0 Å². The van der Waals surface area contributed by atoms with E-state index in [9.17, 15) is 4.79 Å². The number of urea groups is 1. The van der Waals surface area contributed by atoms with Crippen LogP contribution in [0, 0.1) is 0 Å². The number of anilines is 2. The Hall–Kier alpha value is -1.79. The van der Waals surface area contributed by atoms with Crippen molar-refractivity contribution in [3.05, 3.63) is 39.8 Å². The van der Waals surface area contributed by atoms with Crippen molar-refractivity contribution in [2.24, 2.45) is 0 Å². The summed E-state index contributed by atoms with van der Waals surface area (Å²) in [5, 5.41) is 8.20. The lowest BCUT2D eigenvalue weighted by Gasteiger charge is -2.19. The summed E-state index contributed by atoms with van der Waals surface area (Å²) in [6.45, 7) is 0.535. The molecule has 0 bridgehead atoms. The molecule has 0 radical (unpaired) electrons. The van der Waals surface area contributed by atoms with E-state index in [0.29, 0.717) is 23.7 Å². The molecule has 2 N–H and O–H groups in total. The molecule has 0 aliphatic heterocycles. The van der Waals surface area contributed by atoms with Gasteiger partial charge in [0.15, 0.2) is 0 Å². The Morgan fingerprint density at radius 2 is 2.24 bits per heavy atom. The Balaban J connectivity index is 1.92. The average molecular weight is 325 g/mol. The first kappa shape index (κ1) is 15.6. The maximum absolute atomic E-state index is 11.9. The van der Waals surface area contributed by atoms with Gasteiger partial charge >= 0.3 is 6.03 Å². The molecule has 1 aromatic heterocycles. The molecule has 7 heteroatoms. The number of rotatable bonds is 5. The normalized spacial score (nSPS) is 10.2. The Morgan fingerprint density at radius 1 is 1.43 bits per heavy atom. The fourth-order valence-corrected chi connectivity index (χ4v) is 2.84. The second-order valence-electron chi connectivity index (χ2n) is 4.64. The number of benzene rings is 1. The summed E-state index contributed by atoms with van der Waals surface area (Å²) < 4.78 is 0. The highest BCUT2D eigenvalue weighted by molar-refractivity contribution is 7.07. The Kier molecular flexibility index (Phi) is 5.41. The van der Waals surface area contributed by atoms with Gasteiger partial charge < -0.3 is 15.5 Å². The van der Waals surface area contributed by atoms with Crippen LogP contribution in [0.15, 0.2) is 29.1 Å². The number of halogens is 1. The van der Waals surface area contributed by atoms with Crippen LogP contribution in [0.2, 0.25) is 5.02 Å². The third-order valence-electron chi connectivity index (χ3n) is 2.83. The highest BCUT2D eigenvalue weighted by Gasteiger charge is 2.11. The molecular weight excluding hydrogens is 308 g/mol. The van der Waals surface area contributed by atoms with Crippen molar-refractivity contribution in [3.63, 3.8) is 0 Å². The van der Waals surface area contributed by atoms with E-state index in [2.05, 4.69) is 15.6 Å². The molecule has 0 saturated carbocycles. The van der Waals surface area contributed by atoms with Crippen LogP contribution in [0.25, 0.3) is 0 Å². The SMILES string of the molecule is CN(C)c1c(Cl)cccc1NC(=O)NCCc1cscn1. The molecule has 0 aliphatic rings. The van der Waals surface area contributed by atoms with Gasteiger partial charge in [0.05, 0.1) is 27.6 Å². The monoisotopic (exact) mass is 324 g/mol. The van der Waals surface area contributed by atoms with Gasteiger partial charge in [0, 0.05) is 32.4 Å². The number of thiazole rings is 1. The zero-order valence-electron chi connectivity index (χ0n) is 11.9. The Labute approximate surface area is 132 Å². The van der Waals surface area contributed by atoms with Crippen molar-refractivity contribution in [2.45, 2.75) is 6.42 Å². The summed E-state index contributed by atoms with van der Waals surface area (Å²) >= 11 is 7.71. The van der Waals surface area contributed by atoms with Crippen molar-refractivity contribution >= 4 is 40.3 Å². The van der Waals surface area contributed by atoms with Crippen molar-refractivity contribution in [3.8, 4) is 0 Å². The molecule has 2 amide bonds. The van der Waals surface area contributed by atoms with E-state index in [0.717, 1.165) is 11.4 Å². The van der Waals surface area contributed by atoms with Crippen LogP contribution in [0.1, 0.15) is 5.69 Å². The topological polar surface area (TPSA) is 57.3 Å². The minimum Gasteiger partial charge on any atom is -0.375 e. The molecule has 112 valence electrons. The van der Waals surface area contributed by atoms with E-state index in [4.69, 9.17) is 11.6 Å².